The summed E-state index contributed by atoms with van der Waals surface area (Å²) in [5, 5.41) is 3.42. The summed E-state index contributed by atoms with van der Waals surface area (Å²) in [7, 11) is 0. The van der Waals surface area contributed by atoms with E-state index in [1.54, 1.807) is 0 Å². The van der Waals surface area contributed by atoms with E-state index in [0.717, 1.165) is 0 Å². The van der Waals surface area contributed by atoms with Gasteiger partial charge in [0.25, 0.3) is 0 Å². The van der Waals surface area contributed by atoms with Gasteiger partial charge in [0.2, 0.25) is 0 Å². The van der Waals surface area contributed by atoms with Crippen molar-refractivity contribution in [2.45, 2.75) is 44.6 Å². The van der Waals surface area contributed by atoms with Gasteiger partial charge in [0.1, 0.15) is 0 Å². The number of nitrogens with one attached hydrogen (secondary N) is 1. The van der Waals surface area contributed by atoms with Crippen LogP contribution in [0.15, 0.2) is 0 Å². The molecule has 4 heteroatoms. The normalized spacial score (nSPS) is 30.2. The van der Waals surface area contributed by atoms with E-state index in [1.807, 2.05) is 0 Å². The topological polar surface area (TPSA) is 38.0 Å². The predicted molar refractivity (Wildman–Crippen MR) is 65.5 cm³/mol. The Hall–Kier alpha value is 0.500. The minimum atomic E-state index is 0. The maximum absolute atomic E-state index is 6.22. The molecule has 1 saturated carbocycles. The fourth-order valence-corrected chi connectivity index (χ4v) is 2.88. The summed E-state index contributed by atoms with van der Waals surface area (Å²) in [6.07, 6.45) is 8.04. The zero-order valence-corrected chi connectivity index (χ0v) is 10.3. The first kappa shape index (κ1) is 14.5. The van der Waals surface area contributed by atoms with Gasteiger partial charge in [-0.1, -0.05) is 12.8 Å². The zero-order valence-electron chi connectivity index (χ0n) is 8.63. The van der Waals surface area contributed by atoms with E-state index in [2.05, 4.69) is 5.32 Å². The molecule has 0 aromatic rings. The van der Waals surface area contributed by atoms with E-state index in [-0.39, 0.29) is 24.8 Å². The van der Waals surface area contributed by atoms with Crippen molar-refractivity contribution >= 4 is 24.8 Å². The van der Waals surface area contributed by atoms with Crippen LogP contribution in [0.2, 0.25) is 0 Å². The highest BCUT2D eigenvalue weighted by atomic mass is 35.5. The highest BCUT2D eigenvalue weighted by Gasteiger charge is 2.39. The van der Waals surface area contributed by atoms with Crippen LogP contribution >= 0.6 is 24.8 Å². The molecule has 0 amide bonds. The standard InChI is InChI=1S/C10H20N2.2ClH/c11-9-3-1-2-4-10(9)5-7-12-8-6-10;;/h9,12H,1-8,11H2;2*1H/t9-;;/m0../s1. The van der Waals surface area contributed by atoms with Crippen LogP contribution in [0.4, 0.5) is 0 Å². The van der Waals surface area contributed by atoms with Crippen molar-refractivity contribution in [3.8, 4) is 0 Å². The third kappa shape index (κ3) is 2.75. The average molecular weight is 241 g/mol. The number of hydrogen-bond acceptors (Lipinski definition) is 2. The Labute approximate surface area is 99.2 Å². The molecule has 1 atom stereocenters. The van der Waals surface area contributed by atoms with E-state index in [9.17, 15) is 0 Å². The minimum Gasteiger partial charge on any atom is -0.327 e. The summed E-state index contributed by atoms with van der Waals surface area (Å²) in [4.78, 5) is 0. The summed E-state index contributed by atoms with van der Waals surface area (Å²) in [5.74, 6) is 0. The first-order valence-electron chi connectivity index (χ1n) is 5.30. The van der Waals surface area contributed by atoms with Crippen LogP contribution in [-0.2, 0) is 0 Å². The molecule has 14 heavy (non-hydrogen) atoms. The largest absolute Gasteiger partial charge is 0.327 e. The van der Waals surface area contributed by atoms with E-state index in [1.165, 1.54) is 51.6 Å². The molecule has 3 N–H and O–H groups in total. The second-order valence-corrected chi connectivity index (χ2v) is 4.46. The number of hydrogen-bond donors (Lipinski definition) is 2. The lowest BCUT2D eigenvalue weighted by Crippen LogP contribution is -2.50. The Morgan fingerprint density at radius 3 is 2.21 bits per heavy atom. The molecule has 1 spiro atoms. The van der Waals surface area contributed by atoms with Gasteiger partial charge in [-0.25, -0.2) is 0 Å². The van der Waals surface area contributed by atoms with Crippen LogP contribution in [0, 0.1) is 5.41 Å². The maximum atomic E-state index is 6.22. The molecule has 2 fully saturated rings. The summed E-state index contributed by atoms with van der Waals surface area (Å²) >= 11 is 0. The van der Waals surface area contributed by atoms with Crippen molar-refractivity contribution in [1.82, 2.24) is 5.32 Å². The molecule has 0 aromatic carbocycles. The van der Waals surface area contributed by atoms with E-state index >= 15 is 0 Å². The van der Waals surface area contributed by atoms with E-state index < -0.39 is 0 Å². The lowest BCUT2D eigenvalue weighted by atomic mass is 9.65. The predicted octanol–water partition coefficient (Wildman–Crippen LogP) is 2.10. The molecule has 2 rings (SSSR count). The summed E-state index contributed by atoms with van der Waals surface area (Å²) in [6, 6.07) is 0.494. The highest BCUT2D eigenvalue weighted by Crippen LogP contribution is 2.42. The van der Waals surface area contributed by atoms with Crippen LogP contribution < -0.4 is 11.1 Å². The molecule has 86 valence electrons. The molecule has 1 aliphatic heterocycles. The Morgan fingerprint density at radius 1 is 1.00 bits per heavy atom. The molecule has 1 heterocycles. The first-order valence-corrected chi connectivity index (χ1v) is 5.30. The third-order valence-corrected chi connectivity index (χ3v) is 3.83. The Morgan fingerprint density at radius 2 is 1.64 bits per heavy atom. The smallest absolute Gasteiger partial charge is 0.00965 e. The van der Waals surface area contributed by atoms with Gasteiger partial charge in [-0.3, -0.25) is 0 Å². The molecule has 2 nitrogen and oxygen atoms in total. The summed E-state index contributed by atoms with van der Waals surface area (Å²) in [5.41, 5.74) is 6.75. The monoisotopic (exact) mass is 240 g/mol. The molecular weight excluding hydrogens is 219 g/mol. The fraction of sp³-hybridized carbons (Fsp3) is 1.00. The van der Waals surface area contributed by atoms with E-state index in [0.29, 0.717) is 11.5 Å². The zero-order chi connectivity index (χ0) is 8.44. The van der Waals surface area contributed by atoms with Gasteiger partial charge < -0.3 is 11.1 Å². The molecule has 1 aliphatic carbocycles. The second-order valence-electron chi connectivity index (χ2n) is 4.46. The van der Waals surface area contributed by atoms with E-state index in [4.69, 9.17) is 5.73 Å². The summed E-state index contributed by atoms with van der Waals surface area (Å²) < 4.78 is 0. The third-order valence-electron chi connectivity index (χ3n) is 3.83. The van der Waals surface area contributed by atoms with Crippen molar-refractivity contribution in [1.29, 1.82) is 0 Å². The molecular formula is C10H22Cl2N2. The Kier molecular flexibility index (Phi) is 6.38. The lowest BCUT2D eigenvalue weighted by Gasteiger charge is -2.45. The second kappa shape index (κ2) is 6.16. The van der Waals surface area contributed by atoms with Crippen molar-refractivity contribution in [3.05, 3.63) is 0 Å². The van der Waals surface area contributed by atoms with Crippen LogP contribution in [-0.4, -0.2) is 19.1 Å². The first-order chi connectivity index (χ1) is 5.83. The SMILES string of the molecule is Cl.Cl.N[C@H]1CCCCC12CCNCC2. The van der Waals surface area contributed by atoms with Crippen LogP contribution in [0.1, 0.15) is 38.5 Å². The van der Waals surface area contributed by atoms with Crippen molar-refractivity contribution in [2.75, 3.05) is 13.1 Å². The fourth-order valence-electron chi connectivity index (χ4n) is 2.88. The quantitative estimate of drug-likeness (QED) is 0.681. The van der Waals surface area contributed by atoms with Gasteiger partial charge >= 0.3 is 0 Å². The average Bonchev–Trinajstić information content (AvgIpc) is 2.12. The molecule has 0 bridgehead atoms. The number of nitrogens with two attached hydrogens (primary N) is 1. The Balaban J connectivity index is 0.000000845. The lowest BCUT2D eigenvalue weighted by molar-refractivity contribution is 0.105. The van der Waals surface area contributed by atoms with Crippen LogP contribution in [0.5, 0.6) is 0 Å². The van der Waals surface area contributed by atoms with Gasteiger partial charge in [0.15, 0.2) is 0 Å². The highest BCUT2D eigenvalue weighted by molar-refractivity contribution is 5.85. The number of halogens is 2. The minimum absolute atomic E-state index is 0. The molecule has 1 saturated heterocycles. The van der Waals surface area contributed by atoms with Gasteiger partial charge in [-0.15, -0.1) is 24.8 Å². The Bertz CT molecular complexity index is 150. The molecule has 0 radical (unpaired) electrons. The van der Waals surface area contributed by atoms with Gasteiger partial charge in [0, 0.05) is 6.04 Å². The van der Waals surface area contributed by atoms with Gasteiger partial charge in [-0.05, 0) is 44.2 Å². The maximum Gasteiger partial charge on any atom is 0.00965 e. The summed E-state index contributed by atoms with van der Waals surface area (Å²) in [6.45, 7) is 2.38. The number of piperidine rings is 1. The van der Waals surface area contributed by atoms with Crippen LogP contribution in [0.3, 0.4) is 0 Å². The van der Waals surface area contributed by atoms with Gasteiger partial charge in [-0.2, -0.15) is 0 Å². The van der Waals surface area contributed by atoms with Gasteiger partial charge in [0.05, 0.1) is 0 Å². The molecule has 2 aliphatic rings. The number of rotatable bonds is 0. The van der Waals surface area contributed by atoms with Crippen molar-refractivity contribution in [2.24, 2.45) is 11.1 Å². The molecule has 0 unspecified atom stereocenters. The van der Waals surface area contributed by atoms with Crippen molar-refractivity contribution in [3.63, 3.8) is 0 Å². The molecule has 0 aromatic heterocycles. The van der Waals surface area contributed by atoms with Crippen LogP contribution in [0.25, 0.3) is 0 Å². The van der Waals surface area contributed by atoms with Crippen molar-refractivity contribution < 1.29 is 0 Å².